The molecule has 11 heteroatoms. The molecule has 0 aliphatic carbocycles. The van der Waals surface area contributed by atoms with Crippen molar-refractivity contribution in [1.29, 1.82) is 0 Å². The molecule has 36 heavy (non-hydrogen) atoms. The van der Waals surface area contributed by atoms with Crippen molar-refractivity contribution >= 4 is 45.8 Å². The standard InChI is InChI=1S/C25H20BrN3O7/c1-34-20-8-2-17(3-9-20)6-13-25(31)36-21-10-4-18(5-11-21)15-27-28-24(30)16-35-23-12-7-19(29(32)33)14-22(23)26/h2-15H,16H2,1H3,(H,28,30). The molecule has 0 aromatic heterocycles. The van der Waals surface area contributed by atoms with Crippen LogP contribution >= 0.6 is 15.9 Å². The third-order valence-corrected chi connectivity index (χ3v) is 5.13. The number of carbonyl (C=O) groups is 2. The third-order valence-electron chi connectivity index (χ3n) is 4.51. The van der Waals surface area contributed by atoms with Crippen molar-refractivity contribution in [2.45, 2.75) is 0 Å². The number of nitrogens with one attached hydrogen (secondary N) is 1. The van der Waals surface area contributed by atoms with Crippen LogP contribution < -0.4 is 19.6 Å². The Balaban J connectivity index is 1.44. The van der Waals surface area contributed by atoms with Gasteiger partial charge in [0.2, 0.25) is 0 Å². The number of esters is 1. The van der Waals surface area contributed by atoms with E-state index in [0.717, 1.165) is 11.3 Å². The highest BCUT2D eigenvalue weighted by Crippen LogP contribution is 2.29. The van der Waals surface area contributed by atoms with Crippen LogP contribution in [-0.2, 0) is 9.59 Å². The van der Waals surface area contributed by atoms with Gasteiger partial charge in [0.25, 0.3) is 11.6 Å². The van der Waals surface area contributed by atoms with E-state index in [1.54, 1.807) is 49.6 Å². The van der Waals surface area contributed by atoms with Gasteiger partial charge >= 0.3 is 5.97 Å². The van der Waals surface area contributed by atoms with Gasteiger partial charge in [-0.3, -0.25) is 14.9 Å². The topological polar surface area (TPSA) is 129 Å². The molecule has 0 heterocycles. The molecule has 3 rings (SSSR count). The zero-order valence-corrected chi connectivity index (χ0v) is 20.5. The van der Waals surface area contributed by atoms with E-state index in [4.69, 9.17) is 14.2 Å². The van der Waals surface area contributed by atoms with Crippen molar-refractivity contribution in [3.05, 3.63) is 98.5 Å². The molecule has 0 atom stereocenters. The molecular formula is C25H20BrN3O7. The van der Waals surface area contributed by atoms with Gasteiger partial charge in [0.1, 0.15) is 17.2 Å². The fourth-order valence-corrected chi connectivity index (χ4v) is 3.21. The van der Waals surface area contributed by atoms with Crippen LogP contribution in [-0.4, -0.2) is 36.7 Å². The van der Waals surface area contributed by atoms with Crippen LogP contribution in [0.5, 0.6) is 17.2 Å². The van der Waals surface area contributed by atoms with Crippen molar-refractivity contribution in [2.75, 3.05) is 13.7 Å². The van der Waals surface area contributed by atoms with Crippen LogP contribution in [0.15, 0.2) is 82.4 Å². The van der Waals surface area contributed by atoms with E-state index in [1.807, 2.05) is 12.1 Å². The second-order valence-electron chi connectivity index (χ2n) is 7.05. The minimum atomic E-state index is -0.534. The molecule has 0 fully saturated rings. The van der Waals surface area contributed by atoms with Crippen LogP contribution in [0.4, 0.5) is 5.69 Å². The normalized spacial score (nSPS) is 10.8. The number of hydrazone groups is 1. The second-order valence-corrected chi connectivity index (χ2v) is 7.90. The molecule has 3 aromatic carbocycles. The number of halogens is 1. The smallest absolute Gasteiger partial charge is 0.336 e. The molecule has 3 aromatic rings. The number of non-ortho nitro benzene ring substituents is 1. The first-order chi connectivity index (χ1) is 17.3. The lowest BCUT2D eigenvalue weighted by Crippen LogP contribution is -2.24. The Morgan fingerprint density at radius 3 is 2.33 bits per heavy atom. The quantitative estimate of drug-likeness (QED) is 0.0975. The lowest BCUT2D eigenvalue weighted by molar-refractivity contribution is -0.385. The van der Waals surface area contributed by atoms with E-state index in [2.05, 4.69) is 26.5 Å². The van der Waals surface area contributed by atoms with E-state index >= 15 is 0 Å². The van der Waals surface area contributed by atoms with Gasteiger partial charge in [0, 0.05) is 18.2 Å². The van der Waals surface area contributed by atoms with Crippen molar-refractivity contribution in [2.24, 2.45) is 5.10 Å². The van der Waals surface area contributed by atoms with Gasteiger partial charge in [-0.25, -0.2) is 10.2 Å². The Labute approximate surface area is 214 Å². The summed E-state index contributed by atoms with van der Waals surface area (Å²) in [6, 6.07) is 17.7. The molecule has 1 amide bonds. The number of nitro benzene ring substituents is 1. The maximum Gasteiger partial charge on any atom is 0.336 e. The van der Waals surface area contributed by atoms with Gasteiger partial charge in [0.15, 0.2) is 6.61 Å². The van der Waals surface area contributed by atoms with Gasteiger partial charge < -0.3 is 14.2 Å². The van der Waals surface area contributed by atoms with Crippen LogP contribution in [0.1, 0.15) is 11.1 Å². The SMILES string of the molecule is COc1ccc(C=CC(=O)Oc2ccc(C=NNC(=O)COc3ccc([N+](=O)[O-])cc3Br)cc2)cc1. The van der Waals surface area contributed by atoms with Crippen LogP contribution in [0, 0.1) is 10.1 Å². The molecule has 0 unspecified atom stereocenters. The minimum Gasteiger partial charge on any atom is -0.497 e. The van der Waals surface area contributed by atoms with E-state index in [1.165, 1.54) is 30.5 Å². The number of hydrogen-bond acceptors (Lipinski definition) is 8. The molecule has 0 radical (unpaired) electrons. The Bertz CT molecular complexity index is 1290. The summed E-state index contributed by atoms with van der Waals surface area (Å²) in [5, 5.41) is 14.6. The van der Waals surface area contributed by atoms with E-state index in [-0.39, 0.29) is 18.0 Å². The maximum absolute atomic E-state index is 12.0. The fourth-order valence-electron chi connectivity index (χ4n) is 2.73. The third kappa shape index (κ3) is 8.06. The average molecular weight is 554 g/mol. The van der Waals surface area contributed by atoms with Gasteiger partial charge in [0.05, 0.1) is 22.7 Å². The molecular weight excluding hydrogens is 534 g/mol. The van der Waals surface area contributed by atoms with Crippen LogP contribution in [0.25, 0.3) is 6.08 Å². The Morgan fingerprint density at radius 1 is 1.03 bits per heavy atom. The first kappa shape index (κ1) is 26.1. The summed E-state index contributed by atoms with van der Waals surface area (Å²) in [5.74, 6) is 0.304. The molecule has 1 N–H and O–H groups in total. The Hall–Kier alpha value is -4.51. The summed E-state index contributed by atoms with van der Waals surface area (Å²) in [7, 11) is 1.58. The predicted octanol–water partition coefficient (Wildman–Crippen LogP) is 4.51. The highest BCUT2D eigenvalue weighted by atomic mass is 79.9. The number of carbonyl (C=O) groups excluding carboxylic acids is 2. The highest BCUT2D eigenvalue weighted by molar-refractivity contribution is 9.10. The number of ether oxygens (including phenoxy) is 3. The van der Waals surface area contributed by atoms with Crippen LogP contribution in [0.2, 0.25) is 0 Å². The predicted molar refractivity (Wildman–Crippen MR) is 136 cm³/mol. The minimum absolute atomic E-state index is 0.103. The largest absolute Gasteiger partial charge is 0.497 e. The summed E-state index contributed by atoms with van der Waals surface area (Å²) in [6.07, 6.45) is 4.37. The van der Waals surface area contributed by atoms with Gasteiger partial charge in [-0.15, -0.1) is 0 Å². The summed E-state index contributed by atoms with van der Waals surface area (Å²) < 4.78 is 16.0. The lowest BCUT2D eigenvalue weighted by Gasteiger charge is -2.06. The van der Waals surface area contributed by atoms with Crippen molar-refractivity contribution in [1.82, 2.24) is 5.43 Å². The highest BCUT2D eigenvalue weighted by Gasteiger charge is 2.11. The second kappa shape index (κ2) is 12.8. The number of nitrogens with zero attached hydrogens (tertiary/aromatic N) is 2. The number of rotatable bonds is 10. The number of benzene rings is 3. The lowest BCUT2D eigenvalue weighted by atomic mass is 10.2. The number of nitro groups is 1. The zero-order chi connectivity index (χ0) is 25.9. The van der Waals surface area contributed by atoms with Gasteiger partial charge in [-0.2, -0.15) is 5.10 Å². The first-order valence-corrected chi connectivity index (χ1v) is 11.2. The average Bonchev–Trinajstić information content (AvgIpc) is 2.88. The fraction of sp³-hybridized carbons (Fsp3) is 0.0800. The van der Waals surface area contributed by atoms with Gasteiger partial charge in [-0.05, 0) is 75.6 Å². The molecule has 184 valence electrons. The molecule has 10 nitrogen and oxygen atoms in total. The summed E-state index contributed by atoms with van der Waals surface area (Å²) >= 11 is 3.16. The molecule has 0 saturated carbocycles. The van der Waals surface area contributed by atoms with Crippen molar-refractivity contribution < 1.29 is 28.7 Å². The van der Waals surface area contributed by atoms with Crippen molar-refractivity contribution in [3.63, 3.8) is 0 Å². The summed E-state index contributed by atoms with van der Waals surface area (Å²) in [4.78, 5) is 34.2. The summed E-state index contributed by atoms with van der Waals surface area (Å²) in [6.45, 7) is -0.341. The number of methoxy groups -OCH3 is 1. The number of amides is 1. The first-order valence-electron chi connectivity index (χ1n) is 10.4. The molecule has 0 spiro atoms. The zero-order valence-electron chi connectivity index (χ0n) is 18.9. The Kier molecular flexibility index (Phi) is 9.29. The number of hydrogen-bond donors (Lipinski definition) is 1. The van der Waals surface area contributed by atoms with E-state index < -0.39 is 16.8 Å². The molecule has 0 aliphatic heterocycles. The maximum atomic E-state index is 12.0. The monoisotopic (exact) mass is 553 g/mol. The summed E-state index contributed by atoms with van der Waals surface area (Å²) in [5.41, 5.74) is 3.70. The Morgan fingerprint density at radius 2 is 1.69 bits per heavy atom. The van der Waals surface area contributed by atoms with Crippen molar-refractivity contribution in [3.8, 4) is 17.2 Å². The van der Waals surface area contributed by atoms with Gasteiger partial charge in [-0.1, -0.05) is 12.1 Å². The van der Waals surface area contributed by atoms with Crippen LogP contribution in [0.3, 0.4) is 0 Å². The van der Waals surface area contributed by atoms with E-state index in [9.17, 15) is 19.7 Å². The van der Waals surface area contributed by atoms with E-state index in [0.29, 0.717) is 15.8 Å². The molecule has 0 aliphatic rings. The molecule has 0 saturated heterocycles. The molecule has 0 bridgehead atoms.